The van der Waals surface area contributed by atoms with Gasteiger partial charge in [-0.25, -0.2) is 4.39 Å². The second-order valence-corrected chi connectivity index (χ2v) is 2.32. The van der Waals surface area contributed by atoms with Crippen molar-refractivity contribution in [1.82, 2.24) is 0 Å². The number of halogens is 1. The molecule has 1 rings (SSSR count). The molecule has 66 valence electrons. The summed E-state index contributed by atoms with van der Waals surface area (Å²) in [6.45, 7) is 0. The average Bonchev–Trinajstić information content (AvgIpc) is 2.08. The SMILES string of the molecule is CON(C)c1ccc(O)c(F)c1. The fourth-order valence-electron chi connectivity index (χ4n) is 0.797. The maximum Gasteiger partial charge on any atom is 0.166 e. The minimum Gasteiger partial charge on any atom is -0.505 e. The van der Waals surface area contributed by atoms with E-state index in [2.05, 4.69) is 0 Å². The number of benzene rings is 1. The highest BCUT2D eigenvalue weighted by atomic mass is 19.1. The lowest BCUT2D eigenvalue weighted by atomic mass is 10.3. The van der Waals surface area contributed by atoms with Crippen LogP contribution >= 0.6 is 0 Å². The lowest BCUT2D eigenvalue weighted by Crippen LogP contribution is -2.14. The second kappa shape index (κ2) is 3.40. The van der Waals surface area contributed by atoms with Crippen molar-refractivity contribution in [3.8, 4) is 5.75 Å². The minimum atomic E-state index is -0.656. The predicted molar refractivity (Wildman–Crippen MR) is 43.5 cm³/mol. The zero-order valence-corrected chi connectivity index (χ0v) is 6.91. The van der Waals surface area contributed by atoms with Gasteiger partial charge in [-0.15, -0.1) is 0 Å². The van der Waals surface area contributed by atoms with E-state index in [-0.39, 0.29) is 5.75 Å². The molecule has 12 heavy (non-hydrogen) atoms. The first-order valence-corrected chi connectivity index (χ1v) is 3.41. The summed E-state index contributed by atoms with van der Waals surface area (Å²) in [4.78, 5) is 4.82. The van der Waals surface area contributed by atoms with Gasteiger partial charge in [0.15, 0.2) is 11.6 Å². The Labute approximate surface area is 69.9 Å². The Morgan fingerprint density at radius 3 is 2.67 bits per heavy atom. The summed E-state index contributed by atoms with van der Waals surface area (Å²) < 4.78 is 12.7. The van der Waals surface area contributed by atoms with Crippen molar-refractivity contribution in [2.75, 3.05) is 19.2 Å². The van der Waals surface area contributed by atoms with Crippen LogP contribution < -0.4 is 5.06 Å². The molecule has 0 spiro atoms. The maximum absolute atomic E-state index is 12.7. The van der Waals surface area contributed by atoms with E-state index in [1.807, 2.05) is 0 Å². The molecule has 0 bridgehead atoms. The molecule has 1 N–H and O–H groups in total. The summed E-state index contributed by atoms with van der Waals surface area (Å²) in [5.41, 5.74) is 0.549. The van der Waals surface area contributed by atoms with Crippen LogP contribution in [0, 0.1) is 5.82 Å². The average molecular weight is 171 g/mol. The van der Waals surface area contributed by atoms with E-state index < -0.39 is 5.82 Å². The van der Waals surface area contributed by atoms with Crippen LogP contribution in [0.5, 0.6) is 5.75 Å². The zero-order chi connectivity index (χ0) is 9.14. The summed E-state index contributed by atoms with van der Waals surface area (Å²) in [5.74, 6) is -1.01. The largest absolute Gasteiger partial charge is 0.505 e. The first kappa shape index (κ1) is 8.80. The molecular weight excluding hydrogens is 161 g/mol. The number of aromatic hydroxyl groups is 1. The fraction of sp³-hybridized carbons (Fsp3) is 0.250. The van der Waals surface area contributed by atoms with E-state index in [0.29, 0.717) is 5.69 Å². The van der Waals surface area contributed by atoms with Gasteiger partial charge in [0.05, 0.1) is 12.8 Å². The second-order valence-electron chi connectivity index (χ2n) is 2.32. The molecule has 3 nitrogen and oxygen atoms in total. The van der Waals surface area contributed by atoms with Gasteiger partial charge in [0.25, 0.3) is 0 Å². The van der Waals surface area contributed by atoms with Crippen LogP contribution in [0.4, 0.5) is 10.1 Å². The number of nitrogens with zero attached hydrogens (tertiary/aromatic N) is 1. The Balaban J connectivity index is 2.96. The fourth-order valence-corrected chi connectivity index (χ4v) is 0.797. The Morgan fingerprint density at radius 2 is 2.17 bits per heavy atom. The van der Waals surface area contributed by atoms with Gasteiger partial charge in [0.2, 0.25) is 0 Å². The van der Waals surface area contributed by atoms with Crippen molar-refractivity contribution in [1.29, 1.82) is 0 Å². The molecule has 0 unspecified atom stereocenters. The number of hydrogen-bond donors (Lipinski definition) is 1. The van der Waals surface area contributed by atoms with E-state index >= 15 is 0 Å². The highest BCUT2D eigenvalue weighted by Gasteiger charge is 2.04. The molecule has 0 fully saturated rings. The third-order valence-corrected chi connectivity index (χ3v) is 1.57. The molecule has 0 radical (unpaired) electrons. The molecule has 1 aromatic rings. The van der Waals surface area contributed by atoms with E-state index in [1.54, 1.807) is 13.1 Å². The monoisotopic (exact) mass is 171 g/mol. The smallest absolute Gasteiger partial charge is 0.166 e. The number of phenolic OH excluding ortho intramolecular Hbond substituents is 1. The molecule has 0 heterocycles. The Hall–Kier alpha value is -1.29. The van der Waals surface area contributed by atoms with Gasteiger partial charge < -0.3 is 5.11 Å². The first-order chi connectivity index (χ1) is 5.65. The van der Waals surface area contributed by atoms with Crippen LogP contribution in [-0.4, -0.2) is 19.3 Å². The number of hydroxylamine groups is 1. The van der Waals surface area contributed by atoms with E-state index in [9.17, 15) is 4.39 Å². The molecule has 0 aromatic heterocycles. The summed E-state index contributed by atoms with van der Waals surface area (Å²) >= 11 is 0. The summed E-state index contributed by atoms with van der Waals surface area (Å²) in [5, 5.41) is 10.3. The zero-order valence-electron chi connectivity index (χ0n) is 6.91. The molecule has 0 aliphatic heterocycles. The molecule has 0 aliphatic carbocycles. The molecule has 0 saturated heterocycles. The first-order valence-electron chi connectivity index (χ1n) is 3.41. The van der Waals surface area contributed by atoms with Crippen LogP contribution in [0.3, 0.4) is 0 Å². The van der Waals surface area contributed by atoms with Crippen LogP contribution in [0.1, 0.15) is 0 Å². The van der Waals surface area contributed by atoms with Crippen LogP contribution in [0.25, 0.3) is 0 Å². The molecule has 0 saturated carbocycles. The van der Waals surface area contributed by atoms with Gasteiger partial charge in [0, 0.05) is 13.1 Å². The lowest BCUT2D eigenvalue weighted by Gasteiger charge is -2.15. The Kier molecular flexibility index (Phi) is 2.50. The molecule has 0 aliphatic rings. The highest BCUT2D eigenvalue weighted by Crippen LogP contribution is 2.21. The van der Waals surface area contributed by atoms with Gasteiger partial charge in [-0.1, -0.05) is 0 Å². The number of hydrogen-bond acceptors (Lipinski definition) is 3. The van der Waals surface area contributed by atoms with E-state index in [4.69, 9.17) is 9.94 Å². The highest BCUT2D eigenvalue weighted by molar-refractivity contribution is 5.46. The summed E-state index contributed by atoms with van der Waals surface area (Å²) in [6.07, 6.45) is 0. The third kappa shape index (κ3) is 1.65. The maximum atomic E-state index is 12.7. The Bertz CT molecular complexity index is 278. The summed E-state index contributed by atoms with van der Waals surface area (Å²) in [6, 6.07) is 4.03. The lowest BCUT2D eigenvalue weighted by molar-refractivity contribution is 0.184. The van der Waals surface area contributed by atoms with Gasteiger partial charge in [-0.2, -0.15) is 0 Å². The van der Waals surface area contributed by atoms with Crippen LogP contribution in [0.2, 0.25) is 0 Å². The van der Waals surface area contributed by atoms with Crippen LogP contribution in [0.15, 0.2) is 18.2 Å². The standard InChI is InChI=1S/C8H10FNO2/c1-10(12-2)6-3-4-8(11)7(9)5-6/h3-5,11H,1-2H3. The van der Waals surface area contributed by atoms with Gasteiger partial charge in [-0.3, -0.25) is 9.90 Å². The van der Waals surface area contributed by atoms with Crippen molar-refractivity contribution >= 4 is 5.69 Å². The number of rotatable bonds is 2. The van der Waals surface area contributed by atoms with E-state index in [0.717, 1.165) is 0 Å². The quantitative estimate of drug-likeness (QED) is 0.685. The summed E-state index contributed by atoms with van der Waals surface area (Å²) in [7, 11) is 3.12. The molecule has 0 atom stereocenters. The number of anilines is 1. The van der Waals surface area contributed by atoms with Crippen molar-refractivity contribution in [3.05, 3.63) is 24.0 Å². The molecule has 0 amide bonds. The normalized spacial score (nSPS) is 9.92. The van der Waals surface area contributed by atoms with Crippen LogP contribution in [-0.2, 0) is 4.84 Å². The molecule has 1 aromatic carbocycles. The van der Waals surface area contributed by atoms with Gasteiger partial charge >= 0.3 is 0 Å². The van der Waals surface area contributed by atoms with Crippen molar-refractivity contribution in [2.45, 2.75) is 0 Å². The minimum absolute atomic E-state index is 0.358. The third-order valence-electron chi connectivity index (χ3n) is 1.57. The molecular formula is C8H10FNO2. The topological polar surface area (TPSA) is 32.7 Å². The van der Waals surface area contributed by atoms with Gasteiger partial charge in [0.1, 0.15) is 0 Å². The molecule has 4 heteroatoms. The van der Waals surface area contributed by atoms with Crippen molar-refractivity contribution in [3.63, 3.8) is 0 Å². The predicted octanol–water partition coefficient (Wildman–Crippen LogP) is 1.53. The van der Waals surface area contributed by atoms with E-state index in [1.165, 1.54) is 24.3 Å². The van der Waals surface area contributed by atoms with Crippen molar-refractivity contribution in [2.24, 2.45) is 0 Å². The Morgan fingerprint density at radius 1 is 1.50 bits per heavy atom. The van der Waals surface area contributed by atoms with Gasteiger partial charge in [-0.05, 0) is 12.1 Å². The number of phenols is 1. The van der Waals surface area contributed by atoms with Crippen molar-refractivity contribution < 1.29 is 14.3 Å².